The van der Waals surface area contributed by atoms with Gasteiger partial charge in [-0.3, -0.25) is 9.69 Å². The van der Waals surface area contributed by atoms with Crippen LogP contribution in [0, 0.1) is 0 Å². The fourth-order valence-electron chi connectivity index (χ4n) is 5.11. The summed E-state index contributed by atoms with van der Waals surface area (Å²) in [6.45, 7) is 5.58. The van der Waals surface area contributed by atoms with Crippen LogP contribution in [0.3, 0.4) is 0 Å². The monoisotopic (exact) mass is 487 g/mol. The predicted octanol–water partition coefficient (Wildman–Crippen LogP) is 5.28. The van der Waals surface area contributed by atoms with Crippen molar-refractivity contribution in [2.75, 3.05) is 45.3 Å². The van der Waals surface area contributed by atoms with E-state index in [0.29, 0.717) is 16.9 Å². The van der Waals surface area contributed by atoms with E-state index in [1.807, 2.05) is 48.5 Å². The van der Waals surface area contributed by atoms with Crippen LogP contribution in [0.4, 0.5) is 5.69 Å². The summed E-state index contributed by atoms with van der Waals surface area (Å²) in [5, 5.41) is 5.23. The molecule has 0 bridgehead atoms. The molecule has 1 unspecified atom stereocenters. The SMILES string of the molecule is CCCC(NC(=O)c1cc2oc3ccccc3c2cc1OC)N1CCN(c2ccccc2OC)CC1. The number of rotatable bonds is 8. The van der Waals surface area contributed by atoms with Crippen LogP contribution in [0.5, 0.6) is 11.5 Å². The minimum atomic E-state index is -0.153. The molecule has 36 heavy (non-hydrogen) atoms. The van der Waals surface area contributed by atoms with E-state index in [4.69, 9.17) is 13.9 Å². The second kappa shape index (κ2) is 10.5. The fourth-order valence-corrected chi connectivity index (χ4v) is 5.11. The first kappa shape index (κ1) is 24.0. The Morgan fingerprint density at radius 1 is 0.917 bits per heavy atom. The van der Waals surface area contributed by atoms with Crippen molar-refractivity contribution in [2.45, 2.75) is 25.9 Å². The normalized spacial score (nSPS) is 15.2. The van der Waals surface area contributed by atoms with Crippen molar-refractivity contribution in [2.24, 2.45) is 0 Å². The van der Waals surface area contributed by atoms with Crippen molar-refractivity contribution in [1.29, 1.82) is 0 Å². The molecule has 1 aliphatic heterocycles. The fraction of sp³-hybridized carbons (Fsp3) is 0.345. The minimum absolute atomic E-state index is 0.0570. The van der Waals surface area contributed by atoms with E-state index in [1.54, 1.807) is 20.3 Å². The third-order valence-corrected chi connectivity index (χ3v) is 6.98. The van der Waals surface area contributed by atoms with Crippen LogP contribution in [0.2, 0.25) is 0 Å². The Labute approximate surface area is 211 Å². The number of furan rings is 1. The number of nitrogens with one attached hydrogen (secondary N) is 1. The van der Waals surface area contributed by atoms with Crippen molar-refractivity contribution in [3.8, 4) is 11.5 Å². The Morgan fingerprint density at radius 2 is 1.64 bits per heavy atom. The summed E-state index contributed by atoms with van der Waals surface area (Å²) in [5.74, 6) is 1.28. The van der Waals surface area contributed by atoms with Gasteiger partial charge in [0.2, 0.25) is 0 Å². The molecule has 1 aromatic heterocycles. The molecule has 1 fully saturated rings. The average molecular weight is 488 g/mol. The predicted molar refractivity (Wildman–Crippen MR) is 143 cm³/mol. The molecule has 7 heteroatoms. The lowest BCUT2D eigenvalue weighted by Gasteiger charge is -2.40. The molecule has 0 spiro atoms. The first-order valence-corrected chi connectivity index (χ1v) is 12.5. The van der Waals surface area contributed by atoms with Crippen LogP contribution >= 0.6 is 0 Å². The van der Waals surface area contributed by atoms with Gasteiger partial charge in [-0.25, -0.2) is 0 Å². The lowest BCUT2D eigenvalue weighted by molar-refractivity contribution is 0.0821. The van der Waals surface area contributed by atoms with E-state index < -0.39 is 0 Å². The second-order valence-electron chi connectivity index (χ2n) is 9.12. The number of anilines is 1. The summed E-state index contributed by atoms with van der Waals surface area (Å²) < 4.78 is 17.2. The van der Waals surface area contributed by atoms with E-state index in [2.05, 4.69) is 28.1 Å². The molecule has 0 saturated carbocycles. The maximum Gasteiger partial charge on any atom is 0.256 e. The Kier molecular flexibility index (Phi) is 7.00. The highest BCUT2D eigenvalue weighted by Gasteiger charge is 2.27. The lowest BCUT2D eigenvalue weighted by Crippen LogP contribution is -2.56. The van der Waals surface area contributed by atoms with Gasteiger partial charge in [0.1, 0.15) is 22.7 Å². The van der Waals surface area contributed by atoms with Gasteiger partial charge in [-0.2, -0.15) is 0 Å². The number of amides is 1. The lowest BCUT2D eigenvalue weighted by atomic mass is 10.1. The van der Waals surface area contributed by atoms with Gasteiger partial charge in [-0.15, -0.1) is 0 Å². The molecule has 2 heterocycles. The van der Waals surface area contributed by atoms with Gasteiger partial charge in [0, 0.05) is 37.0 Å². The number of hydrogen-bond acceptors (Lipinski definition) is 6. The zero-order chi connectivity index (χ0) is 25.1. The van der Waals surface area contributed by atoms with E-state index in [0.717, 1.165) is 66.8 Å². The maximum absolute atomic E-state index is 13.5. The van der Waals surface area contributed by atoms with Crippen molar-refractivity contribution >= 4 is 33.5 Å². The van der Waals surface area contributed by atoms with E-state index in [1.165, 1.54) is 0 Å². The summed E-state index contributed by atoms with van der Waals surface area (Å²) in [4.78, 5) is 18.2. The van der Waals surface area contributed by atoms with Crippen molar-refractivity contribution < 1.29 is 18.7 Å². The van der Waals surface area contributed by atoms with E-state index in [-0.39, 0.29) is 12.1 Å². The van der Waals surface area contributed by atoms with Crippen molar-refractivity contribution in [3.63, 3.8) is 0 Å². The van der Waals surface area contributed by atoms with Gasteiger partial charge in [0.15, 0.2) is 0 Å². The molecule has 5 rings (SSSR count). The highest BCUT2D eigenvalue weighted by Crippen LogP contribution is 2.34. The Hall–Kier alpha value is -3.71. The van der Waals surface area contributed by atoms with E-state index >= 15 is 0 Å². The van der Waals surface area contributed by atoms with Crippen LogP contribution in [0.25, 0.3) is 21.9 Å². The second-order valence-corrected chi connectivity index (χ2v) is 9.12. The number of methoxy groups -OCH3 is 2. The average Bonchev–Trinajstić information content (AvgIpc) is 3.29. The molecule has 1 amide bonds. The molecule has 188 valence electrons. The quantitative estimate of drug-likeness (QED) is 0.365. The van der Waals surface area contributed by atoms with Gasteiger partial charge in [0.05, 0.1) is 31.6 Å². The highest BCUT2D eigenvalue weighted by molar-refractivity contribution is 6.09. The maximum atomic E-state index is 13.5. The van der Waals surface area contributed by atoms with E-state index in [9.17, 15) is 4.79 Å². The molecule has 7 nitrogen and oxygen atoms in total. The molecular weight excluding hydrogens is 454 g/mol. The van der Waals surface area contributed by atoms with Gasteiger partial charge >= 0.3 is 0 Å². The zero-order valence-electron chi connectivity index (χ0n) is 21.1. The number of piperazine rings is 1. The van der Waals surface area contributed by atoms with Crippen molar-refractivity contribution in [3.05, 3.63) is 66.2 Å². The Morgan fingerprint density at radius 3 is 2.39 bits per heavy atom. The van der Waals surface area contributed by atoms with Gasteiger partial charge < -0.3 is 24.1 Å². The Bertz CT molecular complexity index is 1360. The van der Waals surface area contributed by atoms with Crippen LogP contribution in [-0.4, -0.2) is 57.4 Å². The van der Waals surface area contributed by atoms with Crippen LogP contribution in [-0.2, 0) is 0 Å². The molecule has 0 aliphatic carbocycles. The number of carbonyl (C=O) groups excluding carboxylic acids is 1. The molecule has 1 N–H and O–H groups in total. The number of hydrogen-bond donors (Lipinski definition) is 1. The molecule has 3 aromatic carbocycles. The number of ether oxygens (including phenoxy) is 2. The third kappa shape index (κ3) is 4.58. The van der Waals surface area contributed by atoms with Gasteiger partial charge in [-0.1, -0.05) is 43.7 Å². The van der Waals surface area contributed by atoms with Crippen LogP contribution in [0.15, 0.2) is 65.1 Å². The van der Waals surface area contributed by atoms with Crippen LogP contribution < -0.4 is 19.7 Å². The molecule has 4 aromatic rings. The molecule has 1 saturated heterocycles. The largest absolute Gasteiger partial charge is 0.496 e. The molecular formula is C29H33N3O4. The Balaban J connectivity index is 1.33. The van der Waals surface area contributed by atoms with Gasteiger partial charge in [0.25, 0.3) is 5.91 Å². The summed E-state index contributed by atoms with van der Waals surface area (Å²) in [6.07, 6.45) is 1.78. The number of benzene rings is 3. The molecule has 1 atom stereocenters. The summed E-state index contributed by atoms with van der Waals surface area (Å²) in [7, 11) is 3.31. The van der Waals surface area contributed by atoms with Gasteiger partial charge in [-0.05, 0) is 36.8 Å². The first-order chi connectivity index (χ1) is 17.6. The molecule has 0 radical (unpaired) electrons. The van der Waals surface area contributed by atoms with Crippen LogP contribution in [0.1, 0.15) is 30.1 Å². The minimum Gasteiger partial charge on any atom is -0.496 e. The summed E-state index contributed by atoms with van der Waals surface area (Å²) in [5.41, 5.74) is 3.07. The number of carbonyl (C=O) groups is 1. The summed E-state index contributed by atoms with van der Waals surface area (Å²) >= 11 is 0. The molecule has 1 aliphatic rings. The highest BCUT2D eigenvalue weighted by atomic mass is 16.5. The zero-order valence-corrected chi connectivity index (χ0v) is 21.1. The summed E-state index contributed by atoms with van der Waals surface area (Å²) in [6, 6.07) is 19.7. The number of nitrogens with zero attached hydrogens (tertiary/aromatic N) is 2. The number of fused-ring (bicyclic) bond motifs is 3. The number of para-hydroxylation sites is 3. The van der Waals surface area contributed by atoms with Crippen molar-refractivity contribution in [1.82, 2.24) is 10.2 Å². The first-order valence-electron chi connectivity index (χ1n) is 12.5. The smallest absolute Gasteiger partial charge is 0.256 e. The standard InChI is InChI=1S/C29H33N3O4/c1-4-9-28(32-16-14-31(15-17-32)23-11-6-8-13-25(23)34-2)30-29(33)22-19-27-21(18-26(22)35-3)20-10-5-7-12-24(20)36-27/h5-8,10-13,18-19,28H,4,9,14-17H2,1-3H3,(H,30,33). The topological polar surface area (TPSA) is 67.2 Å². The third-order valence-electron chi connectivity index (χ3n) is 6.98.